The number of sulfonamides is 1. The van der Waals surface area contributed by atoms with Crippen molar-refractivity contribution < 1.29 is 8.42 Å². The van der Waals surface area contributed by atoms with Crippen LogP contribution in [0.15, 0.2) is 29.2 Å². The second-order valence-corrected chi connectivity index (χ2v) is 5.49. The molecule has 0 saturated carbocycles. The summed E-state index contributed by atoms with van der Waals surface area (Å²) in [5, 5.41) is 9.21. The molecule has 1 aromatic heterocycles. The quantitative estimate of drug-likeness (QED) is 0.851. The van der Waals surface area contributed by atoms with Gasteiger partial charge in [-0.3, -0.25) is 0 Å². The van der Waals surface area contributed by atoms with Crippen LogP contribution < -0.4 is 5.14 Å². The molecule has 0 atom stereocenters. The van der Waals surface area contributed by atoms with E-state index in [1.54, 1.807) is 23.7 Å². The summed E-state index contributed by atoms with van der Waals surface area (Å²) in [5.41, 5.74) is 0.679. The highest BCUT2D eigenvalue weighted by atomic mass is 35.5. The van der Waals surface area contributed by atoms with Crippen molar-refractivity contribution in [1.82, 2.24) is 14.8 Å². The SMILES string of the molecule is Cc1nc(CCl)n(-c2ccc(S(N)(=O)=O)cc2)n1. The van der Waals surface area contributed by atoms with Crippen molar-refractivity contribution in [1.29, 1.82) is 0 Å². The monoisotopic (exact) mass is 286 g/mol. The Morgan fingerprint density at radius 2 is 1.94 bits per heavy atom. The number of primary sulfonamides is 1. The van der Waals surface area contributed by atoms with Gasteiger partial charge in [0, 0.05) is 0 Å². The standard InChI is InChI=1S/C10H11ClN4O2S/c1-7-13-10(6-11)15(14-7)8-2-4-9(5-3-8)18(12,16)17/h2-5H,6H2,1H3,(H2,12,16,17). The minimum atomic E-state index is -3.68. The van der Waals surface area contributed by atoms with Gasteiger partial charge in [-0.25, -0.2) is 23.2 Å². The van der Waals surface area contributed by atoms with Crippen molar-refractivity contribution in [3.05, 3.63) is 35.9 Å². The van der Waals surface area contributed by atoms with Crippen LogP contribution in [0.5, 0.6) is 0 Å². The molecule has 1 aromatic carbocycles. The molecular formula is C10H11ClN4O2S. The Hall–Kier alpha value is -1.44. The molecule has 0 radical (unpaired) electrons. The first kappa shape index (κ1) is 13.0. The van der Waals surface area contributed by atoms with Gasteiger partial charge in [0.15, 0.2) is 0 Å². The fourth-order valence-electron chi connectivity index (χ4n) is 1.53. The first-order valence-corrected chi connectivity index (χ1v) is 7.11. The Kier molecular flexibility index (Phi) is 3.38. The summed E-state index contributed by atoms with van der Waals surface area (Å²) in [6.45, 7) is 1.76. The molecule has 0 aliphatic heterocycles. The third-order valence-corrected chi connectivity index (χ3v) is 3.48. The van der Waals surface area contributed by atoms with Crippen LogP contribution in [0, 0.1) is 6.92 Å². The van der Waals surface area contributed by atoms with Gasteiger partial charge < -0.3 is 0 Å². The van der Waals surface area contributed by atoms with E-state index in [9.17, 15) is 8.42 Å². The predicted octanol–water partition coefficient (Wildman–Crippen LogP) is 0.962. The van der Waals surface area contributed by atoms with E-state index in [0.29, 0.717) is 17.3 Å². The Morgan fingerprint density at radius 1 is 1.33 bits per heavy atom. The van der Waals surface area contributed by atoms with Gasteiger partial charge in [0.1, 0.15) is 11.6 Å². The molecule has 0 aliphatic rings. The first-order valence-electron chi connectivity index (χ1n) is 5.03. The predicted molar refractivity (Wildman–Crippen MR) is 67.0 cm³/mol. The second kappa shape index (κ2) is 4.68. The second-order valence-electron chi connectivity index (χ2n) is 3.66. The molecule has 6 nitrogen and oxygen atoms in total. The Labute approximate surface area is 109 Å². The molecule has 0 spiro atoms. The summed E-state index contributed by atoms with van der Waals surface area (Å²) in [4.78, 5) is 4.21. The summed E-state index contributed by atoms with van der Waals surface area (Å²) in [7, 11) is -3.68. The normalized spacial score (nSPS) is 11.7. The zero-order valence-corrected chi connectivity index (χ0v) is 11.1. The maximum atomic E-state index is 11.1. The van der Waals surface area contributed by atoms with Gasteiger partial charge in [0.05, 0.1) is 16.5 Å². The van der Waals surface area contributed by atoms with Gasteiger partial charge >= 0.3 is 0 Å². The molecule has 2 rings (SSSR count). The number of nitrogens with two attached hydrogens (primary N) is 1. The largest absolute Gasteiger partial charge is 0.238 e. The molecule has 96 valence electrons. The fraction of sp³-hybridized carbons (Fsp3) is 0.200. The number of alkyl halides is 1. The maximum absolute atomic E-state index is 11.1. The van der Waals surface area contributed by atoms with Crippen LogP contribution in [0.1, 0.15) is 11.6 Å². The van der Waals surface area contributed by atoms with Crippen molar-refractivity contribution in [3.8, 4) is 5.69 Å². The maximum Gasteiger partial charge on any atom is 0.238 e. The molecule has 0 saturated heterocycles. The van der Waals surface area contributed by atoms with Gasteiger partial charge in [-0.1, -0.05) is 0 Å². The van der Waals surface area contributed by atoms with Crippen molar-refractivity contribution in [3.63, 3.8) is 0 Å². The highest BCUT2D eigenvalue weighted by Gasteiger charge is 2.11. The lowest BCUT2D eigenvalue weighted by Crippen LogP contribution is -2.12. The van der Waals surface area contributed by atoms with Crippen LogP contribution in [0.4, 0.5) is 0 Å². The van der Waals surface area contributed by atoms with Gasteiger partial charge in [0.2, 0.25) is 10.0 Å². The van der Waals surface area contributed by atoms with E-state index < -0.39 is 10.0 Å². The number of nitrogens with zero attached hydrogens (tertiary/aromatic N) is 3. The third-order valence-electron chi connectivity index (χ3n) is 2.31. The Bertz CT molecular complexity index is 664. The minimum absolute atomic E-state index is 0.0514. The van der Waals surface area contributed by atoms with Gasteiger partial charge in [-0.15, -0.1) is 11.6 Å². The lowest BCUT2D eigenvalue weighted by atomic mass is 10.3. The number of aryl methyl sites for hydroxylation is 1. The van der Waals surface area contributed by atoms with Crippen molar-refractivity contribution in [2.24, 2.45) is 5.14 Å². The van der Waals surface area contributed by atoms with Crippen LogP contribution in [0.3, 0.4) is 0 Å². The lowest BCUT2D eigenvalue weighted by molar-refractivity contribution is 0.598. The Balaban J connectivity index is 2.46. The van der Waals surface area contributed by atoms with Gasteiger partial charge in [-0.05, 0) is 31.2 Å². The number of benzene rings is 1. The first-order chi connectivity index (χ1) is 8.41. The van der Waals surface area contributed by atoms with Crippen LogP contribution in [-0.2, 0) is 15.9 Å². The number of halogens is 1. The van der Waals surface area contributed by atoms with Crippen LogP contribution >= 0.6 is 11.6 Å². The number of rotatable bonds is 3. The van der Waals surface area contributed by atoms with Crippen LogP contribution in [-0.4, -0.2) is 23.2 Å². The van der Waals surface area contributed by atoms with Crippen molar-refractivity contribution >= 4 is 21.6 Å². The molecule has 0 amide bonds. The number of hydrogen-bond acceptors (Lipinski definition) is 4. The summed E-state index contributed by atoms with van der Waals surface area (Å²) in [6.07, 6.45) is 0. The lowest BCUT2D eigenvalue weighted by Gasteiger charge is -2.04. The molecule has 8 heteroatoms. The van der Waals surface area contributed by atoms with Crippen molar-refractivity contribution in [2.45, 2.75) is 17.7 Å². The molecule has 2 aromatic rings. The highest BCUT2D eigenvalue weighted by Crippen LogP contribution is 2.14. The van der Waals surface area contributed by atoms with E-state index in [4.69, 9.17) is 16.7 Å². The van der Waals surface area contributed by atoms with Crippen LogP contribution in [0.2, 0.25) is 0 Å². The van der Waals surface area contributed by atoms with Crippen molar-refractivity contribution in [2.75, 3.05) is 0 Å². The van der Waals surface area contributed by atoms with E-state index in [1.165, 1.54) is 12.1 Å². The van der Waals surface area contributed by atoms with E-state index in [0.717, 1.165) is 0 Å². The highest BCUT2D eigenvalue weighted by molar-refractivity contribution is 7.89. The summed E-state index contributed by atoms with van der Waals surface area (Å²) < 4.78 is 23.8. The molecule has 18 heavy (non-hydrogen) atoms. The van der Waals surface area contributed by atoms with E-state index in [1.807, 2.05) is 0 Å². The van der Waals surface area contributed by atoms with Crippen LogP contribution in [0.25, 0.3) is 5.69 Å². The fourth-order valence-corrected chi connectivity index (χ4v) is 2.22. The Morgan fingerprint density at radius 3 is 2.44 bits per heavy atom. The summed E-state index contributed by atoms with van der Waals surface area (Å²) in [6, 6.07) is 6.03. The molecule has 0 unspecified atom stereocenters. The van der Waals surface area contributed by atoms with Gasteiger partial charge in [0.25, 0.3) is 0 Å². The van der Waals surface area contributed by atoms with E-state index in [-0.39, 0.29) is 10.8 Å². The number of aromatic nitrogens is 3. The average molecular weight is 287 g/mol. The number of hydrogen-bond donors (Lipinski definition) is 1. The summed E-state index contributed by atoms with van der Waals surface area (Å²) >= 11 is 5.76. The molecule has 0 aliphatic carbocycles. The molecular weight excluding hydrogens is 276 g/mol. The summed E-state index contributed by atoms with van der Waals surface area (Å²) in [5.74, 6) is 1.41. The average Bonchev–Trinajstić information content (AvgIpc) is 2.69. The van der Waals surface area contributed by atoms with Gasteiger partial charge in [-0.2, -0.15) is 5.10 Å². The molecule has 1 heterocycles. The minimum Gasteiger partial charge on any atom is -0.225 e. The molecule has 0 fully saturated rings. The topological polar surface area (TPSA) is 90.9 Å². The van der Waals surface area contributed by atoms with E-state index >= 15 is 0 Å². The smallest absolute Gasteiger partial charge is 0.225 e. The zero-order chi connectivity index (χ0) is 13.3. The third kappa shape index (κ3) is 2.53. The molecule has 0 bridgehead atoms. The molecule has 2 N–H and O–H groups in total. The van der Waals surface area contributed by atoms with E-state index in [2.05, 4.69) is 10.1 Å². The zero-order valence-electron chi connectivity index (χ0n) is 9.54.